The van der Waals surface area contributed by atoms with Crippen LogP contribution in [0.1, 0.15) is 37.9 Å². The van der Waals surface area contributed by atoms with Gasteiger partial charge in [-0.1, -0.05) is 52.3 Å². The molecule has 0 aliphatic carbocycles. The molecule has 0 spiro atoms. The van der Waals surface area contributed by atoms with Crippen LogP contribution in [0.5, 0.6) is 0 Å². The first-order valence-corrected chi connectivity index (χ1v) is 8.02. The number of fused-ring (bicyclic) bond motifs is 1. The third-order valence-corrected chi connectivity index (χ3v) is 4.34. The highest BCUT2D eigenvalue weighted by molar-refractivity contribution is 9.09. The van der Waals surface area contributed by atoms with Crippen molar-refractivity contribution in [3.8, 4) is 0 Å². The summed E-state index contributed by atoms with van der Waals surface area (Å²) in [5.74, 6) is -0.518. The zero-order valence-electron chi connectivity index (χ0n) is 11.7. The van der Waals surface area contributed by atoms with Gasteiger partial charge in [-0.2, -0.15) is 0 Å². The first kappa shape index (κ1) is 14.9. The number of rotatable bonds is 4. The number of alkyl halides is 1. The van der Waals surface area contributed by atoms with Crippen molar-refractivity contribution in [3.63, 3.8) is 0 Å². The fraction of sp³-hybridized carbons (Fsp3) is 0.176. The smallest absolute Gasteiger partial charge is 0.261 e. The Labute approximate surface area is 136 Å². The summed E-state index contributed by atoms with van der Waals surface area (Å²) in [6.45, 7) is 0.233. The summed E-state index contributed by atoms with van der Waals surface area (Å²) < 4.78 is 0. The van der Waals surface area contributed by atoms with Crippen LogP contribution in [-0.2, 0) is 6.54 Å². The lowest BCUT2D eigenvalue weighted by molar-refractivity contribution is 0.0642. The molecule has 1 unspecified atom stereocenters. The molecule has 2 aromatic rings. The van der Waals surface area contributed by atoms with Crippen molar-refractivity contribution in [3.05, 3.63) is 70.8 Å². The standard InChI is InChI=1S/C17H14BrNO3/c18-9-15(20)12-7-5-11(6-8-12)10-19-16(21)13-3-1-2-4-14(13)17(19)22/h1-8,15,20H,9-10H2. The van der Waals surface area contributed by atoms with Gasteiger partial charge in [0.15, 0.2) is 0 Å². The molecular weight excluding hydrogens is 346 g/mol. The first-order valence-electron chi connectivity index (χ1n) is 6.90. The lowest BCUT2D eigenvalue weighted by Gasteiger charge is -2.14. The molecule has 5 heteroatoms. The van der Waals surface area contributed by atoms with Gasteiger partial charge in [-0.3, -0.25) is 14.5 Å². The molecule has 22 heavy (non-hydrogen) atoms. The van der Waals surface area contributed by atoms with Crippen LogP contribution in [0.3, 0.4) is 0 Å². The van der Waals surface area contributed by atoms with E-state index in [1.807, 2.05) is 12.1 Å². The Morgan fingerprint density at radius 3 is 2.00 bits per heavy atom. The van der Waals surface area contributed by atoms with Crippen molar-refractivity contribution in [2.75, 3.05) is 5.33 Å². The van der Waals surface area contributed by atoms with Crippen molar-refractivity contribution in [1.82, 2.24) is 4.90 Å². The predicted octanol–water partition coefficient (Wildman–Crippen LogP) is 2.91. The summed E-state index contributed by atoms with van der Waals surface area (Å²) >= 11 is 3.23. The molecule has 1 aliphatic rings. The predicted molar refractivity (Wildman–Crippen MR) is 85.8 cm³/mol. The van der Waals surface area contributed by atoms with Gasteiger partial charge in [0.1, 0.15) is 0 Å². The van der Waals surface area contributed by atoms with Crippen LogP contribution in [0.15, 0.2) is 48.5 Å². The van der Waals surface area contributed by atoms with Crippen LogP contribution < -0.4 is 0 Å². The van der Waals surface area contributed by atoms with Crippen molar-refractivity contribution < 1.29 is 14.7 Å². The largest absolute Gasteiger partial charge is 0.388 e. The summed E-state index contributed by atoms with van der Waals surface area (Å²) in [5, 5.41) is 10.2. The molecule has 1 N–H and O–H groups in total. The number of aliphatic hydroxyl groups is 1. The maximum absolute atomic E-state index is 12.3. The van der Waals surface area contributed by atoms with Crippen LogP contribution in [0.4, 0.5) is 0 Å². The second-order valence-corrected chi connectivity index (χ2v) is 5.80. The van der Waals surface area contributed by atoms with E-state index in [2.05, 4.69) is 15.9 Å². The van der Waals surface area contributed by atoms with E-state index >= 15 is 0 Å². The van der Waals surface area contributed by atoms with Crippen LogP contribution in [-0.4, -0.2) is 27.2 Å². The molecular formula is C17H14BrNO3. The number of benzene rings is 2. The summed E-state index contributed by atoms with van der Waals surface area (Å²) in [5.41, 5.74) is 2.56. The van der Waals surface area contributed by atoms with Crippen LogP contribution >= 0.6 is 15.9 Å². The molecule has 0 fully saturated rings. The molecule has 2 amide bonds. The van der Waals surface area contributed by atoms with Crippen molar-refractivity contribution in [2.24, 2.45) is 0 Å². The average Bonchev–Trinajstić information content (AvgIpc) is 2.80. The third-order valence-electron chi connectivity index (χ3n) is 3.73. The molecule has 0 saturated heterocycles. The Morgan fingerprint density at radius 1 is 0.955 bits per heavy atom. The minimum absolute atomic E-state index is 0.233. The summed E-state index contributed by atoms with van der Waals surface area (Å²) in [4.78, 5) is 25.8. The van der Waals surface area contributed by atoms with Crippen molar-refractivity contribution >= 4 is 27.7 Å². The minimum atomic E-state index is -0.562. The number of carbonyl (C=O) groups excluding carboxylic acids is 2. The molecule has 112 valence electrons. The van der Waals surface area contributed by atoms with E-state index in [1.165, 1.54) is 4.90 Å². The van der Waals surface area contributed by atoms with Gasteiger partial charge in [-0.25, -0.2) is 0 Å². The summed E-state index contributed by atoms with van der Waals surface area (Å²) in [6.07, 6.45) is -0.562. The van der Waals surface area contributed by atoms with E-state index in [4.69, 9.17) is 0 Å². The molecule has 0 bridgehead atoms. The number of amides is 2. The maximum Gasteiger partial charge on any atom is 0.261 e. The van der Waals surface area contributed by atoms with Crippen LogP contribution in [0.2, 0.25) is 0 Å². The van der Waals surface area contributed by atoms with Gasteiger partial charge in [0.25, 0.3) is 11.8 Å². The fourth-order valence-corrected chi connectivity index (χ4v) is 2.87. The maximum atomic E-state index is 12.3. The average molecular weight is 360 g/mol. The molecule has 4 nitrogen and oxygen atoms in total. The molecule has 0 aromatic heterocycles. The number of carbonyl (C=O) groups is 2. The summed E-state index contributed by atoms with van der Waals surface area (Å²) in [6, 6.07) is 14.1. The number of nitrogens with zero attached hydrogens (tertiary/aromatic N) is 1. The second-order valence-electron chi connectivity index (χ2n) is 5.15. The van der Waals surface area contributed by atoms with Crippen molar-refractivity contribution in [2.45, 2.75) is 12.6 Å². The van der Waals surface area contributed by atoms with Gasteiger partial charge in [-0.15, -0.1) is 0 Å². The van der Waals surface area contributed by atoms with E-state index < -0.39 is 6.10 Å². The van der Waals surface area contributed by atoms with Gasteiger partial charge in [-0.05, 0) is 23.3 Å². The Hall–Kier alpha value is -1.98. The highest BCUT2D eigenvalue weighted by atomic mass is 79.9. The number of hydrogen-bond acceptors (Lipinski definition) is 3. The number of halogens is 1. The Bertz CT molecular complexity index is 692. The zero-order valence-corrected chi connectivity index (χ0v) is 13.3. The van der Waals surface area contributed by atoms with Crippen LogP contribution in [0.25, 0.3) is 0 Å². The number of aliphatic hydroxyl groups excluding tert-OH is 1. The second kappa shape index (κ2) is 6.02. The number of imide groups is 1. The van der Waals surface area contributed by atoms with Gasteiger partial charge in [0.2, 0.25) is 0 Å². The normalized spacial score (nSPS) is 15.1. The van der Waals surface area contributed by atoms with Crippen molar-refractivity contribution in [1.29, 1.82) is 0 Å². The van der Waals surface area contributed by atoms with E-state index in [0.717, 1.165) is 11.1 Å². The third kappa shape index (κ3) is 2.58. The monoisotopic (exact) mass is 359 g/mol. The van der Waals surface area contributed by atoms with E-state index in [-0.39, 0.29) is 18.4 Å². The van der Waals surface area contributed by atoms with E-state index in [1.54, 1.807) is 36.4 Å². The van der Waals surface area contributed by atoms with Gasteiger partial charge in [0.05, 0.1) is 23.8 Å². The van der Waals surface area contributed by atoms with Crippen LogP contribution in [0, 0.1) is 0 Å². The van der Waals surface area contributed by atoms with Gasteiger partial charge < -0.3 is 5.11 Å². The highest BCUT2D eigenvalue weighted by Gasteiger charge is 2.34. The minimum Gasteiger partial charge on any atom is -0.388 e. The molecule has 1 heterocycles. The molecule has 0 radical (unpaired) electrons. The lowest BCUT2D eigenvalue weighted by atomic mass is 10.1. The Kier molecular flexibility index (Phi) is 4.09. The van der Waals surface area contributed by atoms with Gasteiger partial charge in [0, 0.05) is 5.33 Å². The highest BCUT2D eigenvalue weighted by Crippen LogP contribution is 2.24. The number of hydrogen-bond donors (Lipinski definition) is 1. The molecule has 2 aromatic carbocycles. The lowest BCUT2D eigenvalue weighted by Crippen LogP contribution is -2.29. The molecule has 1 aliphatic heterocycles. The quantitative estimate of drug-likeness (QED) is 0.674. The Balaban J connectivity index is 1.80. The fourth-order valence-electron chi connectivity index (χ4n) is 2.50. The van der Waals surface area contributed by atoms with Gasteiger partial charge >= 0.3 is 0 Å². The zero-order chi connectivity index (χ0) is 15.7. The molecule has 1 atom stereocenters. The molecule has 0 saturated carbocycles. The van der Waals surface area contributed by atoms with E-state index in [9.17, 15) is 14.7 Å². The SMILES string of the molecule is O=C1c2ccccc2C(=O)N1Cc1ccc(C(O)CBr)cc1. The molecule has 3 rings (SSSR count). The topological polar surface area (TPSA) is 57.6 Å². The van der Waals surface area contributed by atoms with E-state index in [0.29, 0.717) is 16.5 Å². The Morgan fingerprint density at radius 2 is 1.50 bits per heavy atom. The first-order chi connectivity index (χ1) is 10.6. The summed E-state index contributed by atoms with van der Waals surface area (Å²) in [7, 11) is 0.